The number of nitrogens with two attached hydrogens (primary N) is 1. The first-order valence-corrected chi connectivity index (χ1v) is 11.1. The van der Waals surface area contributed by atoms with E-state index in [1.165, 1.54) is 18.2 Å². The van der Waals surface area contributed by atoms with Gasteiger partial charge in [0.25, 0.3) is 11.8 Å². The monoisotopic (exact) mass is 465 g/mol. The third-order valence-electron chi connectivity index (χ3n) is 6.54. The highest BCUT2D eigenvalue weighted by atomic mass is 19.1. The van der Waals surface area contributed by atoms with Crippen LogP contribution in [0.4, 0.5) is 14.9 Å². The summed E-state index contributed by atoms with van der Waals surface area (Å²) < 4.78 is 31.2. The molecule has 182 valence electrons. The molecule has 0 saturated carbocycles. The molecule has 1 aromatic carbocycles. The number of ether oxygens (including phenoxy) is 3. The molecule has 0 bridgehead atoms. The van der Waals surface area contributed by atoms with Crippen molar-refractivity contribution in [2.24, 2.45) is 17.1 Å². The highest BCUT2D eigenvalue weighted by molar-refractivity contribution is 6.00. The summed E-state index contributed by atoms with van der Waals surface area (Å²) in [5, 5.41) is 5.34. The number of nitrogens with one attached hydrogen (secondary N) is 2. The van der Waals surface area contributed by atoms with Crippen molar-refractivity contribution < 1.29 is 33.0 Å². The summed E-state index contributed by atoms with van der Waals surface area (Å²) >= 11 is 0. The molecule has 10 heteroatoms. The van der Waals surface area contributed by atoms with E-state index in [1.807, 2.05) is 27.7 Å². The van der Waals surface area contributed by atoms with E-state index in [2.05, 4.69) is 10.6 Å². The number of halogens is 1. The van der Waals surface area contributed by atoms with Gasteiger partial charge in [0.05, 0.1) is 18.9 Å². The van der Waals surface area contributed by atoms with Crippen LogP contribution in [0.2, 0.25) is 0 Å². The molecule has 1 saturated heterocycles. The normalized spacial score (nSPS) is 21.6. The van der Waals surface area contributed by atoms with Crippen molar-refractivity contribution in [2.75, 3.05) is 18.5 Å². The van der Waals surface area contributed by atoms with Crippen LogP contribution < -0.4 is 21.1 Å². The first-order chi connectivity index (χ1) is 15.4. The van der Waals surface area contributed by atoms with Crippen molar-refractivity contribution in [3.8, 4) is 5.75 Å². The quantitative estimate of drug-likeness (QED) is 0.613. The molecule has 3 rings (SSSR count). The minimum absolute atomic E-state index is 0.0119. The van der Waals surface area contributed by atoms with Crippen molar-refractivity contribution >= 4 is 23.6 Å². The zero-order chi connectivity index (χ0) is 24.4. The Morgan fingerprint density at radius 3 is 2.61 bits per heavy atom. The van der Waals surface area contributed by atoms with E-state index in [0.29, 0.717) is 0 Å². The van der Waals surface area contributed by atoms with Crippen LogP contribution in [0, 0.1) is 17.2 Å². The molecule has 4 N–H and O–H groups in total. The average molecular weight is 466 g/mol. The number of para-hydroxylation sites is 1. The molecule has 3 atom stereocenters. The van der Waals surface area contributed by atoms with E-state index in [4.69, 9.17) is 19.9 Å². The summed E-state index contributed by atoms with van der Waals surface area (Å²) in [4.78, 5) is 38.0. The predicted molar refractivity (Wildman–Crippen MR) is 118 cm³/mol. The largest absolute Gasteiger partial charge is 0.479 e. The molecule has 2 heterocycles. The second-order valence-electron chi connectivity index (χ2n) is 9.75. The van der Waals surface area contributed by atoms with Crippen molar-refractivity contribution in [2.45, 2.75) is 64.7 Å². The number of primary amides is 1. The number of hydrogen-bond donors (Lipinski definition) is 3. The minimum Gasteiger partial charge on any atom is -0.479 e. The van der Waals surface area contributed by atoms with Crippen molar-refractivity contribution in [1.82, 2.24) is 5.32 Å². The van der Waals surface area contributed by atoms with Gasteiger partial charge in [0.15, 0.2) is 17.7 Å². The van der Waals surface area contributed by atoms with Crippen molar-refractivity contribution in [3.63, 3.8) is 0 Å². The van der Waals surface area contributed by atoms with Gasteiger partial charge in [0.2, 0.25) is 0 Å². The van der Waals surface area contributed by atoms with Gasteiger partial charge in [-0.2, -0.15) is 0 Å². The summed E-state index contributed by atoms with van der Waals surface area (Å²) in [6.45, 7) is 8.49. The zero-order valence-corrected chi connectivity index (χ0v) is 19.4. The van der Waals surface area contributed by atoms with Crippen LogP contribution in [0.15, 0.2) is 18.2 Å². The Morgan fingerprint density at radius 1 is 1.33 bits per heavy atom. The Kier molecular flexibility index (Phi) is 7.16. The topological polar surface area (TPSA) is 129 Å². The number of rotatable bonds is 5. The first kappa shape index (κ1) is 24.8. The maximum atomic E-state index is 14.6. The van der Waals surface area contributed by atoms with Gasteiger partial charge < -0.3 is 30.6 Å². The van der Waals surface area contributed by atoms with Crippen molar-refractivity contribution in [3.05, 3.63) is 24.0 Å². The van der Waals surface area contributed by atoms with E-state index in [1.54, 1.807) is 0 Å². The molecule has 2 unspecified atom stereocenters. The Labute approximate surface area is 192 Å². The number of fused-ring (bicyclic) bond motifs is 1. The summed E-state index contributed by atoms with van der Waals surface area (Å²) in [5.74, 6) is -1.96. The second-order valence-corrected chi connectivity index (χ2v) is 9.75. The van der Waals surface area contributed by atoms with Crippen LogP contribution in [-0.2, 0) is 19.1 Å². The van der Waals surface area contributed by atoms with E-state index in [-0.39, 0.29) is 55.2 Å². The third-order valence-corrected chi connectivity index (χ3v) is 6.54. The van der Waals surface area contributed by atoms with Gasteiger partial charge in [-0.3, -0.25) is 9.59 Å². The van der Waals surface area contributed by atoms with Gasteiger partial charge >= 0.3 is 6.09 Å². The van der Waals surface area contributed by atoms with Gasteiger partial charge in [-0.05, 0) is 29.9 Å². The number of benzene rings is 1. The Morgan fingerprint density at radius 2 is 2.00 bits per heavy atom. The fraction of sp³-hybridized carbons (Fsp3) is 0.609. The van der Waals surface area contributed by atoms with Gasteiger partial charge in [0.1, 0.15) is 11.6 Å². The minimum atomic E-state index is -1.24. The molecule has 2 aliphatic rings. The lowest BCUT2D eigenvalue weighted by molar-refractivity contribution is -0.141. The van der Waals surface area contributed by atoms with Gasteiger partial charge in [-0.15, -0.1) is 0 Å². The van der Waals surface area contributed by atoms with Gasteiger partial charge in [-0.1, -0.05) is 33.8 Å². The number of amides is 3. The molecule has 2 aliphatic heterocycles. The fourth-order valence-electron chi connectivity index (χ4n) is 3.98. The van der Waals surface area contributed by atoms with Crippen LogP contribution >= 0.6 is 0 Å². The summed E-state index contributed by atoms with van der Waals surface area (Å²) in [5.41, 5.74) is 3.98. The molecule has 0 radical (unpaired) electrons. The molecule has 9 nitrogen and oxygen atoms in total. The second kappa shape index (κ2) is 9.54. The van der Waals surface area contributed by atoms with Crippen LogP contribution in [0.3, 0.4) is 0 Å². The molecular weight excluding hydrogens is 433 g/mol. The van der Waals surface area contributed by atoms with Gasteiger partial charge in [0, 0.05) is 12.8 Å². The lowest BCUT2D eigenvalue weighted by atomic mass is 9.78. The third kappa shape index (κ3) is 5.55. The number of anilines is 1. The molecular formula is C23H32FN3O6. The highest BCUT2D eigenvalue weighted by Crippen LogP contribution is 2.40. The highest BCUT2D eigenvalue weighted by Gasteiger charge is 2.50. The number of carbonyl (C=O) groups excluding carboxylic acids is 3. The Bertz CT molecular complexity index is 910. The van der Waals surface area contributed by atoms with E-state index in [0.717, 1.165) is 0 Å². The summed E-state index contributed by atoms with van der Waals surface area (Å²) in [6, 6.07) is 3.04. The van der Waals surface area contributed by atoms with Crippen LogP contribution in [0.5, 0.6) is 5.75 Å². The molecule has 1 aromatic rings. The Balaban J connectivity index is 1.91. The summed E-state index contributed by atoms with van der Waals surface area (Å²) in [7, 11) is 0. The van der Waals surface area contributed by atoms with Crippen molar-refractivity contribution in [1.29, 1.82) is 0 Å². The van der Waals surface area contributed by atoms with Crippen LogP contribution in [0.1, 0.15) is 47.0 Å². The standard InChI is InChI=1S/C23H32FN3O6/c1-13(22(2,3)4)12-16(32-21(25)30)19(28)27-18-20(29)26-15-7-5-6-14(24)17(15)33-23(18)8-10-31-11-9-23/h5-7,13,16,18H,8-12H2,1-4H3,(H2,25,30)(H,26,29)(H,27,28)/t13?,16-,18?/m0/s1. The maximum Gasteiger partial charge on any atom is 0.405 e. The molecule has 1 fully saturated rings. The first-order valence-electron chi connectivity index (χ1n) is 11.1. The SMILES string of the molecule is CC(C[C@H](OC(N)=O)C(=O)NC1C(=O)Nc2cccc(F)c2OC12CCOCC2)C(C)(C)C. The molecule has 1 spiro atoms. The van der Waals surface area contributed by atoms with E-state index < -0.39 is 41.5 Å². The number of hydrogen-bond acceptors (Lipinski definition) is 6. The lowest BCUT2D eigenvalue weighted by Gasteiger charge is -2.41. The van der Waals surface area contributed by atoms with E-state index >= 15 is 0 Å². The maximum absolute atomic E-state index is 14.6. The lowest BCUT2D eigenvalue weighted by Crippen LogP contribution is -2.63. The average Bonchev–Trinajstić information content (AvgIpc) is 2.83. The molecule has 33 heavy (non-hydrogen) atoms. The van der Waals surface area contributed by atoms with Crippen LogP contribution in [-0.4, -0.2) is 48.9 Å². The zero-order valence-electron chi connectivity index (χ0n) is 19.4. The smallest absolute Gasteiger partial charge is 0.405 e. The summed E-state index contributed by atoms with van der Waals surface area (Å²) in [6.07, 6.45) is -1.59. The molecule has 0 aromatic heterocycles. The van der Waals surface area contributed by atoms with E-state index in [9.17, 15) is 18.8 Å². The molecule has 3 amide bonds. The fourth-order valence-corrected chi connectivity index (χ4v) is 3.98. The number of carbonyl (C=O) groups is 3. The Hall–Kier alpha value is -2.88. The predicted octanol–water partition coefficient (Wildman–Crippen LogP) is 2.73. The van der Waals surface area contributed by atoms with Crippen LogP contribution in [0.25, 0.3) is 0 Å². The van der Waals surface area contributed by atoms with Gasteiger partial charge in [-0.25, -0.2) is 9.18 Å². The molecule has 0 aliphatic carbocycles.